The predicted octanol–water partition coefficient (Wildman–Crippen LogP) is 8.78. The number of carbonyl (C=O) groups excluding carboxylic acids is 1. The Labute approximate surface area is 256 Å². The van der Waals surface area contributed by atoms with E-state index in [-0.39, 0.29) is 5.78 Å². The van der Waals surface area contributed by atoms with E-state index in [9.17, 15) is 4.79 Å². The summed E-state index contributed by atoms with van der Waals surface area (Å²) in [5, 5.41) is 8.22. The van der Waals surface area contributed by atoms with Crippen molar-refractivity contribution in [1.82, 2.24) is 9.78 Å². The molecule has 210 valence electrons. The van der Waals surface area contributed by atoms with Crippen molar-refractivity contribution in [2.75, 3.05) is 5.32 Å². The zero-order valence-electron chi connectivity index (χ0n) is 23.5. The first-order valence-corrected chi connectivity index (χ1v) is 14.6. The average Bonchev–Trinajstić information content (AvgIpc) is 3.57. The van der Waals surface area contributed by atoms with Crippen molar-refractivity contribution in [3.8, 4) is 0 Å². The summed E-state index contributed by atoms with van der Waals surface area (Å²) in [6.45, 7) is 4.22. The van der Waals surface area contributed by atoms with E-state index >= 15 is 0 Å². The predicted molar refractivity (Wildman–Crippen MR) is 175 cm³/mol. The number of ketones is 1. The minimum absolute atomic E-state index is 0.139. The first kappa shape index (κ1) is 28.0. The molecule has 5 heteroatoms. The van der Waals surface area contributed by atoms with Crippen molar-refractivity contribution in [2.45, 2.75) is 11.4 Å². The molecule has 0 fully saturated rings. The molecule has 0 saturated carbocycles. The topological polar surface area (TPSA) is 46.9 Å². The molecule has 0 atom stereocenters. The number of anilines is 1. The normalized spacial score (nSPS) is 11.2. The van der Waals surface area contributed by atoms with Crippen molar-refractivity contribution >= 4 is 28.8 Å². The van der Waals surface area contributed by atoms with Gasteiger partial charge in [0, 0.05) is 29.0 Å². The van der Waals surface area contributed by atoms with Gasteiger partial charge in [0.15, 0.2) is 5.78 Å². The molecule has 0 aliphatic rings. The lowest BCUT2D eigenvalue weighted by Crippen LogP contribution is -2.38. The van der Waals surface area contributed by atoms with E-state index in [0.717, 1.165) is 27.8 Å². The largest absolute Gasteiger partial charge is 0.355 e. The van der Waals surface area contributed by atoms with Crippen LogP contribution < -0.4 is 5.32 Å². The molecular weight excluding hydrogens is 550 g/mol. The molecule has 1 aromatic heterocycles. The lowest BCUT2D eigenvalue weighted by Gasteiger charge is -2.36. The Kier molecular flexibility index (Phi) is 8.03. The van der Waals surface area contributed by atoms with Crippen LogP contribution in [-0.4, -0.2) is 15.6 Å². The van der Waals surface area contributed by atoms with Gasteiger partial charge in [0.1, 0.15) is 5.54 Å². The maximum absolute atomic E-state index is 14.1. The highest BCUT2D eigenvalue weighted by Gasteiger charge is 2.39. The maximum Gasteiger partial charge on any atom is 0.198 e. The molecule has 0 amide bonds. The third kappa shape index (κ3) is 5.41. The van der Waals surface area contributed by atoms with Crippen molar-refractivity contribution in [3.63, 3.8) is 0 Å². The minimum Gasteiger partial charge on any atom is -0.355 e. The van der Waals surface area contributed by atoms with E-state index in [4.69, 9.17) is 16.7 Å². The van der Waals surface area contributed by atoms with Crippen LogP contribution in [0.5, 0.6) is 0 Å². The number of halogens is 1. The average molecular weight is 580 g/mol. The molecule has 6 rings (SSSR count). The number of nitrogens with zero attached hydrogens (tertiary/aromatic N) is 2. The molecule has 0 aliphatic heterocycles. The van der Waals surface area contributed by atoms with Crippen molar-refractivity contribution in [2.24, 2.45) is 0 Å². The molecule has 0 spiro atoms. The van der Waals surface area contributed by atoms with Crippen LogP contribution in [0, 0.1) is 0 Å². The number of alkyl halides is 1. The number of benzene rings is 5. The quantitative estimate of drug-likeness (QED) is 0.100. The van der Waals surface area contributed by atoms with Gasteiger partial charge in [0.2, 0.25) is 0 Å². The van der Waals surface area contributed by atoms with Crippen LogP contribution >= 0.6 is 11.6 Å². The van der Waals surface area contributed by atoms with Crippen LogP contribution in [-0.2, 0) is 11.4 Å². The maximum atomic E-state index is 14.1. The molecule has 4 nitrogen and oxygen atoms in total. The molecule has 0 unspecified atom stereocenters. The summed E-state index contributed by atoms with van der Waals surface area (Å²) >= 11 is 6.05. The van der Waals surface area contributed by atoms with Gasteiger partial charge in [-0.2, -0.15) is 5.10 Å². The Balaban J connectivity index is 1.43. The van der Waals surface area contributed by atoms with Gasteiger partial charge in [-0.05, 0) is 46.0 Å². The third-order valence-electron chi connectivity index (χ3n) is 7.65. The Morgan fingerprint density at radius 2 is 1.28 bits per heavy atom. The summed E-state index contributed by atoms with van der Waals surface area (Å²) in [7, 11) is 0. The smallest absolute Gasteiger partial charge is 0.198 e. The van der Waals surface area contributed by atoms with Crippen LogP contribution in [0.25, 0.3) is 5.70 Å². The molecule has 43 heavy (non-hydrogen) atoms. The lowest BCUT2D eigenvalue weighted by atomic mass is 9.77. The minimum atomic E-state index is -0.804. The highest BCUT2D eigenvalue weighted by atomic mass is 35.5. The number of hydrogen-bond acceptors (Lipinski definition) is 3. The number of para-hydroxylation sites is 1. The fourth-order valence-electron chi connectivity index (χ4n) is 5.58. The summed E-state index contributed by atoms with van der Waals surface area (Å²) in [4.78, 5) is 14.1. The molecule has 0 bridgehead atoms. The first-order valence-electron chi connectivity index (χ1n) is 14.1. The first-order chi connectivity index (χ1) is 21.1. The van der Waals surface area contributed by atoms with Crippen LogP contribution in [0.15, 0.2) is 158 Å². The molecule has 0 radical (unpaired) electrons. The number of carbonyl (C=O) groups is 1. The lowest BCUT2D eigenvalue weighted by molar-refractivity contribution is 0.103. The molecule has 0 saturated heterocycles. The van der Waals surface area contributed by atoms with Gasteiger partial charge in [-0.1, -0.05) is 128 Å². The number of aromatic nitrogens is 2. The number of nitrogens with one attached hydrogen (secondary N) is 1. The number of hydrogen-bond donors (Lipinski definition) is 1. The van der Waals surface area contributed by atoms with Gasteiger partial charge >= 0.3 is 0 Å². The van der Waals surface area contributed by atoms with Gasteiger partial charge < -0.3 is 5.32 Å². The summed E-state index contributed by atoms with van der Waals surface area (Å²) in [5.74, 6) is 0.274. The number of rotatable bonds is 10. The highest BCUT2D eigenvalue weighted by Crippen LogP contribution is 2.40. The summed E-state index contributed by atoms with van der Waals surface area (Å²) in [6, 6.07) is 46.2. The summed E-state index contributed by atoms with van der Waals surface area (Å²) in [6.07, 6.45) is 3.51. The fourth-order valence-corrected chi connectivity index (χ4v) is 5.75. The van der Waals surface area contributed by atoms with Gasteiger partial charge in [-0.25, -0.2) is 0 Å². The molecule has 1 heterocycles. The van der Waals surface area contributed by atoms with Crippen molar-refractivity contribution in [1.29, 1.82) is 0 Å². The van der Waals surface area contributed by atoms with Gasteiger partial charge in [0.25, 0.3) is 0 Å². The summed E-state index contributed by atoms with van der Waals surface area (Å²) in [5.41, 5.74) is 6.57. The van der Waals surface area contributed by atoms with Crippen LogP contribution in [0.3, 0.4) is 0 Å². The third-order valence-corrected chi connectivity index (χ3v) is 7.96. The second kappa shape index (κ2) is 12.4. The zero-order chi connectivity index (χ0) is 29.6. The summed E-state index contributed by atoms with van der Waals surface area (Å²) < 4.78 is 1.91. The van der Waals surface area contributed by atoms with E-state index < -0.39 is 5.54 Å². The van der Waals surface area contributed by atoms with Crippen LogP contribution in [0.1, 0.15) is 43.7 Å². The Hall–Kier alpha value is -5.19. The standard InChI is InChI=1S/C38H30ClN3O/c1-28(30-15-13-14-29(24-30)25-39)41-36-23-12-11-22-35(36)37(43)31-26-40-42(27-31)38(32-16-5-2-6-17-32,33-18-7-3-8-19-33)34-20-9-4-10-21-34/h2-24,26-27,41H,1,25H2. The Bertz CT molecular complexity index is 1770. The Morgan fingerprint density at radius 3 is 1.86 bits per heavy atom. The van der Waals surface area contributed by atoms with Gasteiger partial charge in [-0.3, -0.25) is 9.48 Å². The van der Waals surface area contributed by atoms with Gasteiger partial charge in [-0.15, -0.1) is 11.6 Å². The monoisotopic (exact) mass is 579 g/mol. The Morgan fingerprint density at radius 1 is 0.721 bits per heavy atom. The van der Waals surface area contributed by atoms with Crippen LogP contribution in [0.2, 0.25) is 0 Å². The van der Waals surface area contributed by atoms with Crippen molar-refractivity contribution < 1.29 is 4.79 Å². The molecule has 0 aliphatic carbocycles. The van der Waals surface area contributed by atoms with E-state index in [2.05, 4.69) is 48.3 Å². The molecular formula is C38H30ClN3O. The van der Waals surface area contributed by atoms with E-state index in [0.29, 0.717) is 28.4 Å². The fraction of sp³-hybridized carbons (Fsp3) is 0.0526. The van der Waals surface area contributed by atoms with E-state index in [1.54, 1.807) is 6.20 Å². The molecule has 1 N–H and O–H groups in total. The molecule has 6 aromatic rings. The van der Waals surface area contributed by atoms with E-state index in [1.807, 2.05) is 114 Å². The second-order valence-corrected chi connectivity index (χ2v) is 10.6. The van der Waals surface area contributed by atoms with Crippen LogP contribution in [0.4, 0.5) is 5.69 Å². The van der Waals surface area contributed by atoms with Gasteiger partial charge in [0.05, 0.1) is 11.8 Å². The van der Waals surface area contributed by atoms with E-state index in [1.165, 1.54) is 0 Å². The van der Waals surface area contributed by atoms with Crippen molar-refractivity contribution in [3.05, 3.63) is 197 Å². The highest BCUT2D eigenvalue weighted by molar-refractivity contribution is 6.17. The second-order valence-electron chi connectivity index (χ2n) is 10.3. The SMILES string of the molecule is C=C(Nc1ccccc1C(=O)c1cnn(C(c2ccccc2)(c2ccccc2)c2ccccc2)c1)c1cccc(CCl)c1. The molecule has 5 aromatic carbocycles. The zero-order valence-corrected chi connectivity index (χ0v) is 24.3.